The zero-order valence-corrected chi connectivity index (χ0v) is 19.7. The zero-order valence-electron chi connectivity index (χ0n) is 19.7. The number of hydrogen-bond donors (Lipinski definition) is 0. The Hall–Kier alpha value is -3.58. The van der Waals surface area contributed by atoms with E-state index in [4.69, 9.17) is 0 Å². The molecule has 5 nitrogen and oxygen atoms in total. The van der Waals surface area contributed by atoms with E-state index >= 15 is 0 Å². The van der Waals surface area contributed by atoms with Gasteiger partial charge in [0.25, 0.3) is 5.91 Å². The highest BCUT2D eigenvalue weighted by molar-refractivity contribution is 6.03. The first kappa shape index (κ1) is 23.2. The maximum absolute atomic E-state index is 14.7. The second-order valence-corrected chi connectivity index (χ2v) is 9.11. The fourth-order valence-corrected chi connectivity index (χ4v) is 4.77. The smallest absolute Gasteiger partial charge is 0.257 e. The molecule has 1 atom stereocenters. The molecular formula is C28H28F2N4O. The second kappa shape index (κ2) is 9.96. The van der Waals surface area contributed by atoms with Crippen LogP contribution < -0.4 is 4.90 Å². The number of amides is 1. The lowest BCUT2D eigenvalue weighted by molar-refractivity contribution is -0.134. The standard InChI is InChI=1S/C28H28F2N4O/c1-20-10-12-21(13-11-20)25-18-27(22-6-2-3-7-23(22)29)34(31-25)28(35)19-32-14-16-33(17-15-32)26-9-5-4-8-24(26)30/h2-13,27H,14-19H2,1H3/t27-/m1/s1. The van der Waals surface area contributed by atoms with Gasteiger partial charge >= 0.3 is 0 Å². The van der Waals surface area contributed by atoms with Crippen molar-refractivity contribution >= 4 is 17.3 Å². The molecule has 180 valence electrons. The average Bonchev–Trinajstić information content (AvgIpc) is 3.31. The Morgan fingerprint density at radius 1 is 0.886 bits per heavy atom. The van der Waals surface area contributed by atoms with Crippen molar-refractivity contribution in [3.05, 3.63) is 101 Å². The van der Waals surface area contributed by atoms with Gasteiger partial charge in [0.15, 0.2) is 0 Å². The van der Waals surface area contributed by atoms with Crippen molar-refractivity contribution in [1.82, 2.24) is 9.91 Å². The minimum Gasteiger partial charge on any atom is -0.367 e. The molecular weight excluding hydrogens is 446 g/mol. The predicted molar refractivity (Wildman–Crippen MR) is 133 cm³/mol. The number of anilines is 1. The summed E-state index contributed by atoms with van der Waals surface area (Å²) in [5.41, 5.74) is 3.91. The van der Waals surface area contributed by atoms with E-state index in [1.807, 2.05) is 42.2 Å². The number of aryl methyl sites for hydroxylation is 1. The van der Waals surface area contributed by atoms with Gasteiger partial charge in [0.2, 0.25) is 0 Å². The van der Waals surface area contributed by atoms with E-state index in [2.05, 4.69) is 10.0 Å². The van der Waals surface area contributed by atoms with Gasteiger partial charge in [-0.2, -0.15) is 5.10 Å². The minimum atomic E-state index is -0.486. The number of benzene rings is 3. The molecule has 5 rings (SSSR count). The predicted octanol–water partition coefficient (Wildman–Crippen LogP) is 4.77. The first-order valence-electron chi connectivity index (χ1n) is 11.9. The van der Waals surface area contributed by atoms with Crippen LogP contribution in [0.15, 0.2) is 77.9 Å². The average molecular weight is 475 g/mol. The molecule has 1 fully saturated rings. The summed E-state index contributed by atoms with van der Waals surface area (Å²) < 4.78 is 28.9. The normalized spacial score (nSPS) is 18.6. The SMILES string of the molecule is Cc1ccc(C2=NN(C(=O)CN3CCN(c4ccccc4F)CC3)[C@@H](c3ccccc3F)C2)cc1. The Labute approximate surface area is 204 Å². The lowest BCUT2D eigenvalue weighted by Gasteiger charge is -2.36. The number of nitrogens with zero attached hydrogens (tertiary/aromatic N) is 4. The van der Waals surface area contributed by atoms with Gasteiger partial charge in [-0.3, -0.25) is 9.69 Å². The monoisotopic (exact) mass is 474 g/mol. The van der Waals surface area contributed by atoms with E-state index in [9.17, 15) is 13.6 Å². The number of piperazine rings is 1. The third-order valence-corrected chi connectivity index (χ3v) is 6.74. The first-order valence-corrected chi connectivity index (χ1v) is 11.9. The Kier molecular flexibility index (Phi) is 6.59. The van der Waals surface area contributed by atoms with Gasteiger partial charge < -0.3 is 4.90 Å². The van der Waals surface area contributed by atoms with Crippen molar-refractivity contribution in [2.75, 3.05) is 37.6 Å². The van der Waals surface area contributed by atoms with Crippen LogP contribution in [0.1, 0.15) is 29.2 Å². The van der Waals surface area contributed by atoms with E-state index < -0.39 is 6.04 Å². The van der Waals surface area contributed by atoms with Crippen molar-refractivity contribution in [3.63, 3.8) is 0 Å². The molecule has 0 aromatic heterocycles. The van der Waals surface area contributed by atoms with Crippen LogP contribution in [0.4, 0.5) is 14.5 Å². The summed E-state index contributed by atoms with van der Waals surface area (Å²) >= 11 is 0. The summed E-state index contributed by atoms with van der Waals surface area (Å²) in [5, 5.41) is 6.13. The summed E-state index contributed by atoms with van der Waals surface area (Å²) in [7, 11) is 0. The molecule has 0 radical (unpaired) electrons. The van der Waals surface area contributed by atoms with Crippen LogP contribution in [-0.2, 0) is 4.79 Å². The highest BCUT2D eigenvalue weighted by atomic mass is 19.1. The van der Waals surface area contributed by atoms with Gasteiger partial charge in [0.05, 0.1) is 24.0 Å². The molecule has 3 aromatic rings. The fraction of sp³-hybridized carbons (Fsp3) is 0.286. The number of carbonyl (C=O) groups excluding carboxylic acids is 1. The molecule has 0 N–H and O–H groups in total. The van der Waals surface area contributed by atoms with Crippen LogP contribution >= 0.6 is 0 Å². The molecule has 2 heterocycles. The van der Waals surface area contributed by atoms with E-state index in [0.29, 0.717) is 43.9 Å². The van der Waals surface area contributed by atoms with Gasteiger partial charge in [-0.05, 0) is 30.7 Å². The molecule has 35 heavy (non-hydrogen) atoms. The van der Waals surface area contributed by atoms with Crippen LogP contribution in [0.2, 0.25) is 0 Å². The highest BCUT2D eigenvalue weighted by Crippen LogP contribution is 2.34. The lowest BCUT2D eigenvalue weighted by Crippen LogP contribution is -2.49. The highest BCUT2D eigenvalue weighted by Gasteiger charge is 2.35. The van der Waals surface area contributed by atoms with Crippen LogP contribution in [0.5, 0.6) is 0 Å². The number of hydrazone groups is 1. The largest absolute Gasteiger partial charge is 0.367 e. The Bertz CT molecular complexity index is 1240. The van der Waals surface area contributed by atoms with Gasteiger partial charge in [-0.25, -0.2) is 13.8 Å². The van der Waals surface area contributed by atoms with Crippen molar-refractivity contribution in [1.29, 1.82) is 0 Å². The summed E-state index contributed by atoms with van der Waals surface area (Å²) in [6, 6.07) is 20.8. The summed E-state index contributed by atoms with van der Waals surface area (Å²) in [6.07, 6.45) is 0.455. The van der Waals surface area contributed by atoms with Crippen LogP contribution in [0, 0.1) is 18.6 Å². The molecule has 1 saturated heterocycles. The number of rotatable bonds is 5. The van der Waals surface area contributed by atoms with Crippen LogP contribution in [0.25, 0.3) is 0 Å². The Morgan fingerprint density at radius 2 is 1.54 bits per heavy atom. The van der Waals surface area contributed by atoms with Crippen LogP contribution in [0.3, 0.4) is 0 Å². The quantitative estimate of drug-likeness (QED) is 0.535. The van der Waals surface area contributed by atoms with Gasteiger partial charge in [0.1, 0.15) is 11.6 Å². The van der Waals surface area contributed by atoms with E-state index in [1.54, 1.807) is 30.3 Å². The fourth-order valence-electron chi connectivity index (χ4n) is 4.77. The summed E-state index contributed by atoms with van der Waals surface area (Å²) in [4.78, 5) is 17.5. The van der Waals surface area contributed by atoms with Crippen molar-refractivity contribution in [2.45, 2.75) is 19.4 Å². The van der Waals surface area contributed by atoms with Gasteiger partial charge in [0, 0.05) is 38.2 Å². The number of hydrogen-bond acceptors (Lipinski definition) is 4. The summed E-state index contributed by atoms with van der Waals surface area (Å²) in [5.74, 6) is -0.742. The number of halogens is 2. The third-order valence-electron chi connectivity index (χ3n) is 6.74. The number of carbonyl (C=O) groups is 1. The first-order chi connectivity index (χ1) is 17.0. The molecule has 1 amide bonds. The van der Waals surface area contributed by atoms with E-state index in [-0.39, 0.29) is 24.1 Å². The molecule has 7 heteroatoms. The third kappa shape index (κ3) is 4.95. The van der Waals surface area contributed by atoms with Crippen molar-refractivity contribution in [2.24, 2.45) is 5.10 Å². The van der Waals surface area contributed by atoms with E-state index in [1.165, 1.54) is 17.1 Å². The Morgan fingerprint density at radius 3 is 2.23 bits per heavy atom. The lowest BCUT2D eigenvalue weighted by atomic mass is 9.97. The molecule has 0 aliphatic carbocycles. The Balaban J connectivity index is 1.32. The van der Waals surface area contributed by atoms with E-state index in [0.717, 1.165) is 16.8 Å². The topological polar surface area (TPSA) is 39.2 Å². The summed E-state index contributed by atoms with van der Waals surface area (Å²) in [6.45, 7) is 4.72. The maximum Gasteiger partial charge on any atom is 0.257 e. The second-order valence-electron chi connectivity index (χ2n) is 9.11. The van der Waals surface area contributed by atoms with Gasteiger partial charge in [-0.15, -0.1) is 0 Å². The maximum atomic E-state index is 14.7. The van der Waals surface area contributed by atoms with Gasteiger partial charge in [-0.1, -0.05) is 60.2 Å². The van der Waals surface area contributed by atoms with Crippen LogP contribution in [-0.4, -0.2) is 54.3 Å². The number of para-hydroxylation sites is 1. The minimum absolute atomic E-state index is 0.167. The molecule has 3 aromatic carbocycles. The molecule has 0 unspecified atom stereocenters. The molecule has 0 spiro atoms. The molecule has 0 saturated carbocycles. The molecule has 2 aliphatic heterocycles. The molecule has 0 bridgehead atoms. The van der Waals surface area contributed by atoms with Crippen molar-refractivity contribution in [3.8, 4) is 0 Å². The zero-order chi connectivity index (χ0) is 24.4. The molecule has 2 aliphatic rings. The van der Waals surface area contributed by atoms with Crippen molar-refractivity contribution < 1.29 is 13.6 Å².